The van der Waals surface area contributed by atoms with E-state index in [1.807, 2.05) is 32.6 Å². The van der Waals surface area contributed by atoms with Crippen molar-refractivity contribution in [1.82, 2.24) is 14.9 Å². The SMILES string of the molecule is C[C@@H]1COC(=O)N1c1cncc(CC2CCN(C(=O)C(C)(C)C)CC2)n1. The van der Waals surface area contributed by atoms with E-state index in [9.17, 15) is 9.59 Å². The first-order valence-electron chi connectivity index (χ1n) is 9.32. The molecule has 7 nitrogen and oxygen atoms in total. The summed E-state index contributed by atoms with van der Waals surface area (Å²) in [5.41, 5.74) is 0.559. The maximum Gasteiger partial charge on any atom is 0.415 e. The number of aromatic nitrogens is 2. The molecule has 3 rings (SSSR count). The van der Waals surface area contributed by atoms with E-state index >= 15 is 0 Å². The zero-order valence-electron chi connectivity index (χ0n) is 16.1. The summed E-state index contributed by atoms with van der Waals surface area (Å²) >= 11 is 0. The molecule has 1 aromatic heterocycles. The van der Waals surface area contributed by atoms with E-state index in [0.717, 1.165) is 38.0 Å². The van der Waals surface area contributed by atoms with Crippen molar-refractivity contribution in [2.75, 3.05) is 24.6 Å². The van der Waals surface area contributed by atoms with Gasteiger partial charge in [-0.15, -0.1) is 0 Å². The number of hydrogen-bond acceptors (Lipinski definition) is 5. The van der Waals surface area contributed by atoms with Crippen LogP contribution in [0.3, 0.4) is 0 Å². The van der Waals surface area contributed by atoms with Crippen LogP contribution in [-0.4, -0.2) is 52.6 Å². The molecule has 0 radical (unpaired) electrons. The van der Waals surface area contributed by atoms with Gasteiger partial charge in [0, 0.05) is 24.7 Å². The van der Waals surface area contributed by atoms with Gasteiger partial charge in [-0.1, -0.05) is 20.8 Å². The van der Waals surface area contributed by atoms with E-state index in [1.165, 1.54) is 0 Å². The lowest BCUT2D eigenvalue weighted by Gasteiger charge is -2.35. The number of amides is 2. The molecule has 0 N–H and O–H groups in total. The van der Waals surface area contributed by atoms with Crippen LogP contribution in [0.15, 0.2) is 12.4 Å². The average molecular weight is 360 g/mol. The van der Waals surface area contributed by atoms with Gasteiger partial charge in [0.2, 0.25) is 5.91 Å². The zero-order valence-corrected chi connectivity index (χ0v) is 16.1. The highest BCUT2D eigenvalue weighted by Crippen LogP contribution is 2.26. The van der Waals surface area contributed by atoms with Crippen LogP contribution in [0, 0.1) is 11.3 Å². The fourth-order valence-corrected chi connectivity index (χ4v) is 3.55. The summed E-state index contributed by atoms with van der Waals surface area (Å²) in [6.07, 6.45) is 5.76. The van der Waals surface area contributed by atoms with E-state index in [0.29, 0.717) is 18.3 Å². The Balaban J connectivity index is 1.60. The van der Waals surface area contributed by atoms with Crippen LogP contribution in [0.5, 0.6) is 0 Å². The van der Waals surface area contributed by atoms with Crippen molar-refractivity contribution >= 4 is 17.8 Å². The van der Waals surface area contributed by atoms with Crippen molar-refractivity contribution in [2.45, 2.75) is 53.0 Å². The van der Waals surface area contributed by atoms with E-state index in [-0.39, 0.29) is 23.5 Å². The van der Waals surface area contributed by atoms with Crippen molar-refractivity contribution in [3.63, 3.8) is 0 Å². The molecule has 3 heterocycles. The Kier molecular flexibility index (Phi) is 5.16. The highest BCUT2D eigenvalue weighted by molar-refractivity contribution is 5.88. The molecule has 0 aromatic carbocycles. The lowest BCUT2D eigenvalue weighted by Crippen LogP contribution is -2.44. The first-order valence-corrected chi connectivity index (χ1v) is 9.32. The van der Waals surface area contributed by atoms with Crippen molar-refractivity contribution < 1.29 is 14.3 Å². The van der Waals surface area contributed by atoms with E-state index in [1.54, 1.807) is 17.3 Å². The number of cyclic esters (lactones) is 1. The molecule has 2 aliphatic heterocycles. The van der Waals surface area contributed by atoms with Gasteiger partial charge in [0.15, 0.2) is 5.82 Å². The third-order valence-corrected chi connectivity index (χ3v) is 5.05. The maximum absolute atomic E-state index is 12.4. The van der Waals surface area contributed by atoms with Crippen LogP contribution in [-0.2, 0) is 16.0 Å². The van der Waals surface area contributed by atoms with Crippen LogP contribution < -0.4 is 4.90 Å². The Morgan fingerprint density at radius 1 is 1.27 bits per heavy atom. The second-order valence-corrected chi connectivity index (χ2v) is 8.35. The Bertz CT molecular complexity index is 678. The number of rotatable bonds is 3. The molecular formula is C19H28N4O3. The molecule has 1 atom stereocenters. The van der Waals surface area contributed by atoms with Gasteiger partial charge in [0.25, 0.3) is 0 Å². The third kappa shape index (κ3) is 3.97. The van der Waals surface area contributed by atoms with Crippen molar-refractivity contribution in [3.8, 4) is 0 Å². The molecule has 2 fully saturated rings. The van der Waals surface area contributed by atoms with E-state index < -0.39 is 0 Å². The molecule has 0 saturated carbocycles. The van der Waals surface area contributed by atoms with E-state index in [2.05, 4.69) is 9.97 Å². The predicted molar refractivity (Wildman–Crippen MR) is 97.8 cm³/mol. The number of nitrogens with zero attached hydrogens (tertiary/aromatic N) is 4. The number of anilines is 1. The van der Waals surface area contributed by atoms with Gasteiger partial charge in [0.1, 0.15) is 6.61 Å². The highest BCUT2D eigenvalue weighted by atomic mass is 16.6. The molecule has 2 saturated heterocycles. The minimum atomic E-state index is -0.363. The van der Waals surface area contributed by atoms with E-state index in [4.69, 9.17) is 4.74 Å². The van der Waals surface area contributed by atoms with Gasteiger partial charge in [-0.25, -0.2) is 9.78 Å². The number of likely N-dealkylation sites (tertiary alicyclic amines) is 1. The van der Waals surface area contributed by atoms with Crippen LogP contribution >= 0.6 is 0 Å². The first-order chi connectivity index (χ1) is 12.3. The summed E-state index contributed by atoms with van der Waals surface area (Å²) in [5.74, 6) is 1.25. The quantitative estimate of drug-likeness (QED) is 0.828. The summed E-state index contributed by atoms with van der Waals surface area (Å²) in [6.45, 7) is 9.80. The zero-order chi connectivity index (χ0) is 18.9. The molecule has 26 heavy (non-hydrogen) atoms. The summed E-state index contributed by atoms with van der Waals surface area (Å²) < 4.78 is 5.07. The van der Waals surface area contributed by atoms with Crippen LogP contribution in [0.25, 0.3) is 0 Å². The average Bonchev–Trinajstić information content (AvgIpc) is 2.93. The smallest absolute Gasteiger partial charge is 0.415 e. The first kappa shape index (κ1) is 18.6. The van der Waals surface area contributed by atoms with Crippen molar-refractivity contribution in [2.24, 2.45) is 11.3 Å². The molecule has 7 heteroatoms. The lowest BCUT2D eigenvalue weighted by molar-refractivity contribution is -0.140. The minimum absolute atomic E-state index is 0.0290. The number of carbonyl (C=O) groups is 2. The van der Waals surface area contributed by atoms with Crippen LogP contribution in [0.4, 0.5) is 10.6 Å². The lowest BCUT2D eigenvalue weighted by atomic mass is 9.89. The topological polar surface area (TPSA) is 75.6 Å². The molecule has 2 amide bonds. The minimum Gasteiger partial charge on any atom is -0.447 e. The molecule has 0 spiro atoms. The van der Waals surface area contributed by atoms with Crippen LogP contribution in [0.2, 0.25) is 0 Å². The molecule has 0 aliphatic carbocycles. The summed E-state index contributed by atoms with van der Waals surface area (Å²) in [6, 6.07) is -0.0290. The Hall–Kier alpha value is -2.18. The Morgan fingerprint density at radius 3 is 2.54 bits per heavy atom. The standard InChI is InChI=1S/C19H28N4O3/c1-13-12-26-18(25)23(13)16-11-20-10-15(21-16)9-14-5-7-22(8-6-14)17(24)19(2,3)4/h10-11,13-14H,5-9,12H2,1-4H3/t13-/m1/s1. The van der Waals surface area contributed by atoms with Crippen LogP contribution in [0.1, 0.15) is 46.2 Å². The molecule has 1 aromatic rings. The molecular weight excluding hydrogens is 332 g/mol. The highest BCUT2D eigenvalue weighted by Gasteiger charge is 2.33. The van der Waals surface area contributed by atoms with Gasteiger partial charge < -0.3 is 9.64 Å². The fraction of sp³-hybridized carbons (Fsp3) is 0.684. The molecule has 2 aliphatic rings. The number of hydrogen-bond donors (Lipinski definition) is 0. The summed E-state index contributed by atoms with van der Waals surface area (Å²) in [5, 5.41) is 0. The van der Waals surface area contributed by atoms with Gasteiger partial charge in [-0.05, 0) is 32.1 Å². The largest absolute Gasteiger partial charge is 0.447 e. The Morgan fingerprint density at radius 2 is 1.96 bits per heavy atom. The van der Waals surface area contributed by atoms with Crippen molar-refractivity contribution in [1.29, 1.82) is 0 Å². The molecule has 142 valence electrons. The van der Waals surface area contributed by atoms with Gasteiger partial charge >= 0.3 is 6.09 Å². The summed E-state index contributed by atoms with van der Waals surface area (Å²) in [4.78, 5) is 36.7. The second kappa shape index (κ2) is 7.21. The Labute approximate surface area is 154 Å². The molecule has 0 bridgehead atoms. The van der Waals surface area contributed by atoms with Gasteiger partial charge in [-0.3, -0.25) is 14.7 Å². The fourth-order valence-electron chi connectivity index (χ4n) is 3.55. The monoisotopic (exact) mass is 360 g/mol. The number of ether oxygens (including phenoxy) is 1. The number of carbonyl (C=O) groups excluding carboxylic acids is 2. The normalized spacial score (nSPS) is 21.8. The second-order valence-electron chi connectivity index (χ2n) is 8.35. The number of piperidine rings is 1. The van der Waals surface area contributed by atoms with Crippen molar-refractivity contribution in [3.05, 3.63) is 18.1 Å². The van der Waals surface area contributed by atoms with Gasteiger partial charge in [0.05, 0.1) is 17.9 Å². The molecule has 0 unspecified atom stereocenters. The maximum atomic E-state index is 12.4. The predicted octanol–water partition coefficient (Wildman–Crippen LogP) is 2.65. The summed E-state index contributed by atoms with van der Waals surface area (Å²) in [7, 11) is 0. The third-order valence-electron chi connectivity index (χ3n) is 5.05. The van der Waals surface area contributed by atoms with Gasteiger partial charge in [-0.2, -0.15) is 0 Å².